The maximum absolute atomic E-state index is 2.71. The normalized spacial score (nSPS) is 26.3. The Kier molecular flexibility index (Phi) is 6.16. The Morgan fingerprint density at radius 1 is 1.06 bits per heavy atom. The first-order valence-corrected chi connectivity index (χ1v) is 8.75. The molecule has 2 saturated heterocycles. The first-order chi connectivity index (χ1) is 8.40. The lowest BCUT2D eigenvalue weighted by Gasteiger charge is -2.37. The molecule has 2 aliphatic heterocycles. The van der Waals surface area contributed by atoms with Crippen LogP contribution in [0.25, 0.3) is 0 Å². The summed E-state index contributed by atoms with van der Waals surface area (Å²) in [6.07, 6.45) is 10.8. The second-order valence-corrected chi connectivity index (χ2v) is 6.53. The van der Waals surface area contributed by atoms with Gasteiger partial charge in [0.2, 0.25) is 0 Å². The van der Waals surface area contributed by atoms with E-state index in [2.05, 4.69) is 16.1 Å². The molecule has 2 nitrogen and oxygen atoms in total. The van der Waals surface area contributed by atoms with Crippen molar-refractivity contribution in [2.45, 2.75) is 44.6 Å². The summed E-state index contributed by atoms with van der Waals surface area (Å²) in [5.41, 5.74) is 0. The Morgan fingerprint density at radius 3 is 2.82 bits per heavy atom. The molecule has 2 fully saturated rings. The quantitative estimate of drug-likeness (QED) is 0.647. The molecule has 3 heteroatoms. The lowest BCUT2D eigenvalue weighted by molar-refractivity contribution is 0.103. The van der Waals surface area contributed by atoms with Crippen molar-refractivity contribution in [3.05, 3.63) is 0 Å². The molecule has 2 aliphatic rings. The molecule has 0 radical (unpaired) electrons. The van der Waals surface area contributed by atoms with Crippen molar-refractivity contribution in [2.24, 2.45) is 0 Å². The van der Waals surface area contributed by atoms with E-state index >= 15 is 0 Å². The van der Waals surface area contributed by atoms with Crippen molar-refractivity contribution >= 4 is 11.8 Å². The van der Waals surface area contributed by atoms with Crippen LogP contribution in [0.1, 0.15) is 38.5 Å². The molecule has 0 aromatic rings. The molecule has 0 bridgehead atoms. The van der Waals surface area contributed by atoms with E-state index in [0.29, 0.717) is 0 Å². The van der Waals surface area contributed by atoms with Gasteiger partial charge in [0.05, 0.1) is 0 Å². The molecule has 0 spiro atoms. The van der Waals surface area contributed by atoms with Crippen LogP contribution in [-0.4, -0.2) is 60.6 Å². The van der Waals surface area contributed by atoms with Gasteiger partial charge in [-0.25, -0.2) is 0 Å². The molecule has 1 unspecified atom stereocenters. The zero-order valence-electron chi connectivity index (χ0n) is 11.4. The Bertz CT molecular complexity index is 210. The summed E-state index contributed by atoms with van der Waals surface area (Å²) in [7, 11) is 0. The molecular formula is C14H28N2S. The van der Waals surface area contributed by atoms with Gasteiger partial charge >= 0.3 is 0 Å². The predicted octanol–water partition coefficient (Wildman–Crippen LogP) is 2.69. The highest BCUT2D eigenvalue weighted by Crippen LogP contribution is 2.21. The third-order valence-corrected chi connectivity index (χ3v) is 4.94. The molecule has 0 amide bonds. The van der Waals surface area contributed by atoms with Crippen LogP contribution in [0, 0.1) is 0 Å². The number of hydrogen-bond acceptors (Lipinski definition) is 3. The van der Waals surface area contributed by atoms with Gasteiger partial charge in [0.15, 0.2) is 0 Å². The first kappa shape index (κ1) is 13.7. The Morgan fingerprint density at radius 2 is 1.94 bits per heavy atom. The highest BCUT2D eigenvalue weighted by molar-refractivity contribution is 7.98. The van der Waals surface area contributed by atoms with Gasteiger partial charge in [0.1, 0.15) is 0 Å². The molecule has 0 aromatic heterocycles. The van der Waals surface area contributed by atoms with Crippen LogP contribution in [0.5, 0.6) is 0 Å². The fraction of sp³-hybridized carbons (Fsp3) is 1.00. The smallest absolute Gasteiger partial charge is 0.0224 e. The van der Waals surface area contributed by atoms with Gasteiger partial charge in [-0.05, 0) is 50.8 Å². The van der Waals surface area contributed by atoms with Crippen molar-refractivity contribution in [3.63, 3.8) is 0 Å². The molecule has 0 aromatic carbocycles. The van der Waals surface area contributed by atoms with Crippen LogP contribution < -0.4 is 0 Å². The van der Waals surface area contributed by atoms with Gasteiger partial charge in [-0.15, -0.1) is 0 Å². The third-order valence-electron chi connectivity index (χ3n) is 4.24. The Labute approximate surface area is 111 Å². The summed E-state index contributed by atoms with van der Waals surface area (Å²) >= 11 is 1.98. The minimum atomic E-state index is 0.903. The second-order valence-electron chi connectivity index (χ2n) is 5.54. The number of nitrogens with zero attached hydrogens (tertiary/aromatic N) is 2. The highest BCUT2D eigenvalue weighted by Gasteiger charge is 2.29. The molecule has 0 saturated carbocycles. The van der Waals surface area contributed by atoms with Crippen LogP contribution in [0.3, 0.4) is 0 Å². The second kappa shape index (κ2) is 7.65. The maximum Gasteiger partial charge on any atom is 0.0224 e. The van der Waals surface area contributed by atoms with Gasteiger partial charge in [-0.3, -0.25) is 4.90 Å². The summed E-state index contributed by atoms with van der Waals surface area (Å²) in [6.45, 7) is 6.72. The molecule has 1 atom stereocenters. The number of hydrogen-bond donors (Lipinski definition) is 0. The maximum atomic E-state index is 2.71. The lowest BCUT2D eigenvalue weighted by atomic mass is 10.1. The molecule has 0 N–H and O–H groups in total. The largest absolute Gasteiger partial charge is 0.301 e. The predicted molar refractivity (Wildman–Crippen MR) is 77.9 cm³/mol. The van der Waals surface area contributed by atoms with Crippen molar-refractivity contribution in [2.75, 3.05) is 44.7 Å². The SMILES string of the molecule is CSCCCCCCN1CCN2CCCC2C1. The summed E-state index contributed by atoms with van der Waals surface area (Å²) in [6, 6.07) is 0.903. The topological polar surface area (TPSA) is 6.48 Å². The average Bonchev–Trinajstić information content (AvgIpc) is 2.81. The average molecular weight is 256 g/mol. The lowest BCUT2D eigenvalue weighted by Crippen LogP contribution is -2.50. The van der Waals surface area contributed by atoms with E-state index < -0.39 is 0 Å². The van der Waals surface area contributed by atoms with Gasteiger partial charge in [-0.2, -0.15) is 11.8 Å². The van der Waals surface area contributed by atoms with Crippen molar-refractivity contribution in [1.29, 1.82) is 0 Å². The molecule has 100 valence electrons. The zero-order valence-corrected chi connectivity index (χ0v) is 12.2. The summed E-state index contributed by atoms with van der Waals surface area (Å²) in [5.74, 6) is 1.35. The van der Waals surface area contributed by atoms with Crippen LogP contribution >= 0.6 is 11.8 Å². The molecule has 2 heterocycles. The van der Waals surface area contributed by atoms with Crippen LogP contribution in [0.15, 0.2) is 0 Å². The Balaban J connectivity index is 1.51. The van der Waals surface area contributed by atoms with E-state index in [9.17, 15) is 0 Å². The number of thioether (sulfide) groups is 1. The Hall–Kier alpha value is 0.270. The number of unbranched alkanes of at least 4 members (excludes halogenated alkanes) is 3. The third kappa shape index (κ3) is 4.46. The number of piperazine rings is 1. The van der Waals surface area contributed by atoms with Gasteiger partial charge in [0, 0.05) is 25.7 Å². The van der Waals surface area contributed by atoms with Crippen molar-refractivity contribution < 1.29 is 0 Å². The number of fused-ring (bicyclic) bond motifs is 1. The van der Waals surface area contributed by atoms with Crippen molar-refractivity contribution in [3.8, 4) is 0 Å². The van der Waals surface area contributed by atoms with Gasteiger partial charge in [-0.1, -0.05) is 12.8 Å². The van der Waals surface area contributed by atoms with Gasteiger partial charge in [0.25, 0.3) is 0 Å². The molecule has 17 heavy (non-hydrogen) atoms. The van der Waals surface area contributed by atoms with E-state index in [0.717, 1.165) is 6.04 Å². The van der Waals surface area contributed by atoms with Gasteiger partial charge < -0.3 is 4.90 Å². The standard InChI is InChI=1S/C14H28N2S/c1-17-12-5-3-2-4-8-15-10-11-16-9-6-7-14(16)13-15/h14H,2-13H2,1H3. The van der Waals surface area contributed by atoms with Crippen molar-refractivity contribution in [1.82, 2.24) is 9.80 Å². The highest BCUT2D eigenvalue weighted by atomic mass is 32.2. The molecule has 0 aliphatic carbocycles. The first-order valence-electron chi connectivity index (χ1n) is 7.35. The fourth-order valence-corrected chi connectivity index (χ4v) is 3.69. The van der Waals surface area contributed by atoms with E-state index in [-0.39, 0.29) is 0 Å². The van der Waals surface area contributed by atoms with Crippen LogP contribution in [0.4, 0.5) is 0 Å². The van der Waals surface area contributed by atoms with E-state index in [1.54, 1.807) is 0 Å². The molecule has 2 rings (SSSR count). The summed E-state index contributed by atoms with van der Waals surface area (Å²) in [4.78, 5) is 5.41. The van der Waals surface area contributed by atoms with E-state index in [1.807, 2.05) is 11.8 Å². The minimum absolute atomic E-state index is 0.903. The van der Waals surface area contributed by atoms with Crippen LogP contribution in [-0.2, 0) is 0 Å². The minimum Gasteiger partial charge on any atom is -0.301 e. The number of rotatable bonds is 7. The zero-order chi connectivity index (χ0) is 11.9. The fourth-order valence-electron chi connectivity index (χ4n) is 3.19. The van der Waals surface area contributed by atoms with Crippen LogP contribution in [0.2, 0.25) is 0 Å². The summed E-state index contributed by atoms with van der Waals surface area (Å²) in [5, 5.41) is 0. The molecular weight excluding hydrogens is 228 g/mol. The monoisotopic (exact) mass is 256 g/mol. The van der Waals surface area contributed by atoms with E-state index in [1.165, 1.54) is 77.0 Å². The van der Waals surface area contributed by atoms with E-state index in [4.69, 9.17) is 0 Å². The summed E-state index contributed by atoms with van der Waals surface area (Å²) < 4.78 is 0.